The highest BCUT2D eigenvalue weighted by molar-refractivity contribution is 5.83. The number of hydrogen-bond acceptors (Lipinski definition) is 2. The molecule has 2 rings (SSSR count). The fourth-order valence-corrected chi connectivity index (χ4v) is 2.06. The lowest BCUT2D eigenvalue weighted by Gasteiger charge is -2.12. The number of nitrogen functional groups attached to an aromatic ring is 1. The molecule has 2 aromatic rings. The molecule has 118 valence electrons. The molecule has 1 unspecified atom stereocenters. The van der Waals surface area contributed by atoms with Gasteiger partial charge in [-0.25, -0.2) is 0 Å². The van der Waals surface area contributed by atoms with Crippen molar-refractivity contribution >= 4 is 11.6 Å². The molecule has 0 spiro atoms. The molecule has 0 bridgehead atoms. The summed E-state index contributed by atoms with van der Waals surface area (Å²) in [5.74, 6) is -0.0609. The molecule has 0 radical (unpaired) electrons. The molecule has 0 aromatic heterocycles. The smallest absolute Gasteiger partial charge is 0.227 e. The van der Waals surface area contributed by atoms with Gasteiger partial charge in [-0.05, 0) is 36.6 Å². The Morgan fingerprint density at radius 2 is 1.64 bits per heavy atom. The standard InChI is InChI=1S/C17H20N2O.C2H6/c1-13(15-5-3-2-4-6-15)17(20)19-12-11-14-7-9-16(18)10-8-14;1-2/h2-10,13H,11-12,18H2,1H3,(H,19,20);1-2H3. The molecule has 0 saturated heterocycles. The van der Waals surface area contributed by atoms with E-state index in [0.29, 0.717) is 6.54 Å². The Morgan fingerprint density at radius 3 is 2.23 bits per heavy atom. The zero-order chi connectivity index (χ0) is 16.4. The van der Waals surface area contributed by atoms with Crippen LogP contribution in [0.4, 0.5) is 5.69 Å². The monoisotopic (exact) mass is 298 g/mol. The van der Waals surface area contributed by atoms with Crippen molar-refractivity contribution in [2.24, 2.45) is 0 Å². The fourth-order valence-electron chi connectivity index (χ4n) is 2.06. The van der Waals surface area contributed by atoms with Gasteiger partial charge in [0.1, 0.15) is 0 Å². The van der Waals surface area contributed by atoms with Crippen LogP contribution < -0.4 is 11.1 Å². The van der Waals surface area contributed by atoms with Gasteiger partial charge in [0.15, 0.2) is 0 Å². The maximum atomic E-state index is 12.1. The Balaban J connectivity index is 0.00000116. The first-order valence-corrected chi connectivity index (χ1v) is 7.84. The summed E-state index contributed by atoms with van der Waals surface area (Å²) >= 11 is 0. The Morgan fingerprint density at radius 1 is 1.05 bits per heavy atom. The molecule has 0 saturated carbocycles. The third-order valence-corrected chi connectivity index (χ3v) is 3.39. The van der Waals surface area contributed by atoms with Gasteiger partial charge in [0, 0.05) is 12.2 Å². The molecule has 0 fully saturated rings. The highest BCUT2D eigenvalue weighted by Gasteiger charge is 2.13. The van der Waals surface area contributed by atoms with Crippen molar-refractivity contribution in [1.29, 1.82) is 0 Å². The molecule has 22 heavy (non-hydrogen) atoms. The van der Waals surface area contributed by atoms with Crippen molar-refractivity contribution in [3.63, 3.8) is 0 Å². The second-order valence-electron chi connectivity index (χ2n) is 4.91. The van der Waals surface area contributed by atoms with Crippen molar-refractivity contribution in [3.05, 3.63) is 65.7 Å². The van der Waals surface area contributed by atoms with E-state index in [4.69, 9.17) is 5.73 Å². The molecule has 0 aliphatic heterocycles. The quantitative estimate of drug-likeness (QED) is 0.826. The summed E-state index contributed by atoms with van der Waals surface area (Å²) in [6, 6.07) is 17.5. The Labute approximate surface area is 133 Å². The average molecular weight is 298 g/mol. The van der Waals surface area contributed by atoms with E-state index >= 15 is 0 Å². The summed E-state index contributed by atoms with van der Waals surface area (Å²) in [4.78, 5) is 12.1. The van der Waals surface area contributed by atoms with E-state index in [-0.39, 0.29) is 11.8 Å². The number of rotatable bonds is 5. The van der Waals surface area contributed by atoms with Gasteiger partial charge >= 0.3 is 0 Å². The number of carbonyl (C=O) groups excluding carboxylic acids is 1. The van der Waals surface area contributed by atoms with Crippen LogP contribution in [-0.2, 0) is 11.2 Å². The topological polar surface area (TPSA) is 55.1 Å². The van der Waals surface area contributed by atoms with Gasteiger partial charge in [-0.2, -0.15) is 0 Å². The molecule has 3 nitrogen and oxygen atoms in total. The zero-order valence-corrected chi connectivity index (χ0v) is 13.7. The van der Waals surface area contributed by atoms with Crippen molar-refractivity contribution in [2.45, 2.75) is 33.1 Å². The second-order valence-corrected chi connectivity index (χ2v) is 4.91. The van der Waals surface area contributed by atoms with E-state index in [9.17, 15) is 4.79 Å². The highest BCUT2D eigenvalue weighted by atomic mass is 16.1. The zero-order valence-electron chi connectivity index (χ0n) is 13.7. The highest BCUT2D eigenvalue weighted by Crippen LogP contribution is 2.14. The van der Waals surface area contributed by atoms with Gasteiger partial charge in [0.2, 0.25) is 5.91 Å². The second kappa shape index (κ2) is 9.61. The molecule has 3 heteroatoms. The Kier molecular flexibility index (Phi) is 7.76. The number of amides is 1. The van der Waals surface area contributed by atoms with E-state index in [2.05, 4.69) is 5.32 Å². The fraction of sp³-hybridized carbons (Fsp3) is 0.316. The summed E-state index contributed by atoms with van der Waals surface area (Å²) < 4.78 is 0. The minimum Gasteiger partial charge on any atom is -0.399 e. The van der Waals surface area contributed by atoms with Gasteiger partial charge in [-0.3, -0.25) is 4.79 Å². The van der Waals surface area contributed by atoms with E-state index in [1.54, 1.807) is 0 Å². The summed E-state index contributed by atoms with van der Waals surface area (Å²) in [5.41, 5.74) is 8.61. The third kappa shape index (κ3) is 5.60. The van der Waals surface area contributed by atoms with Crippen LogP contribution in [0.3, 0.4) is 0 Å². The van der Waals surface area contributed by atoms with E-state index in [1.807, 2.05) is 75.4 Å². The molecular formula is C19H26N2O. The van der Waals surface area contributed by atoms with Gasteiger partial charge in [-0.1, -0.05) is 56.3 Å². The van der Waals surface area contributed by atoms with Crippen LogP contribution in [0.5, 0.6) is 0 Å². The van der Waals surface area contributed by atoms with E-state index < -0.39 is 0 Å². The summed E-state index contributed by atoms with van der Waals surface area (Å²) in [6.07, 6.45) is 0.813. The van der Waals surface area contributed by atoms with Crippen LogP contribution in [-0.4, -0.2) is 12.5 Å². The number of nitrogens with two attached hydrogens (primary N) is 1. The van der Waals surface area contributed by atoms with Crippen LogP contribution in [0, 0.1) is 0 Å². The van der Waals surface area contributed by atoms with Crippen LogP contribution >= 0.6 is 0 Å². The Hall–Kier alpha value is -2.29. The first kappa shape index (κ1) is 17.8. The lowest BCUT2D eigenvalue weighted by atomic mass is 10.0. The molecule has 1 atom stereocenters. The maximum absolute atomic E-state index is 12.1. The van der Waals surface area contributed by atoms with Gasteiger partial charge in [0.05, 0.1) is 5.92 Å². The SMILES string of the molecule is CC.CC(C(=O)NCCc1ccc(N)cc1)c1ccccc1. The van der Waals surface area contributed by atoms with Gasteiger partial charge in [-0.15, -0.1) is 0 Å². The molecule has 3 N–H and O–H groups in total. The molecule has 2 aromatic carbocycles. The minimum atomic E-state index is -0.123. The van der Waals surface area contributed by atoms with Crippen molar-refractivity contribution in [1.82, 2.24) is 5.32 Å². The minimum absolute atomic E-state index is 0.0617. The number of hydrogen-bond donors (Lipinski definition) is 2. The maximum Gasteiger partial charge on any atom is 0.227 e. The van der Waals surface area contributed by atoms with Crippen LogP contribution in [0.2, 0.25) is 0 Å². The average Bonchev–Trinajstić information content (AvgIpc) is 2.58. The van der Waals surface area contributed by atoms with Gasteiger partial charge in [0.25, 0.3) is 0 Å². The first-order chi connectivity index (χ1) is 10.7. The molecule has 0 aliphatic carbocycles. The normalized spacial score (nSPS) is 11.0. The predicted molar refractivity (Wildman–Crippen MR) is 93.8 cm³/mol. The third-order valence-electron chi connectivity index (χ3n) is 3.39. The van der Waals surface area contributed by atoms with Gasteiger partial charge < -0.3 is 11.1 Å². The summed E-state index contributed by atoms with van der Waals surface area (Å²) in [5, 5.41) is 2.97. The Bertz CT molecular complexity index is 549. The van der Waals surface area contributed by atoms with Crippen molar-refractivity contribution in [3.8, 4) is 0 Å². The van der Waals surface area contributed by atoms with Crippen LogP contribution in [0.15, 0.2) is 54.6 Å². The number of benzene rings is 2. The molecule has 0 heterocycles. The van der Waals surface area contributed by atoms with E-state index in [0.717, 1.165) is 17.7 Å². The lowest BCUT2D eigenvalue weighted by Crippen LogP contribution is -2.29. The number of nitrogens with one attached hydrogen (secondary N) is 1. The van der Waals surface area contributed by atoms with Crippen molar-refractivity contribution < 1.29 is 4.79 Å². The molecule has 1 amide bonds. The molecule has 0 aliphatic rings. The largest absolute Gasteiger partial charge is 0.399 e. The van der Waals surface area contributed by atoms with Crippen LogP contribution in [0.25, 0.3) is 0 Å². The molecular weight excluding hydrogens is 272 g/mol. The number of carbonyl (C=O) groups is 1. The summed E-state index contributed by atoms with van der Waals surface area (Å²) in [7, 11) is 0. The van der Waals surface area contributed by atoms with Crippen molar-refractivity contribution in [2.75, 3.05) is 12.3 Å². The van der Waals surface area contributed by atoms with Crippen LogP contribution in [0.1, 0.15) is 37.8 Å². The predicted octanol–water partition coefficient (Wildman–Crippen LogP) is 3.76. The lowest BCUT2D eigenvalue weighted by molar-refractivity contribution is -0.122. The van der Waals surface area contributed by atoms with E-state index in [1.165, 1.54) is 5.56 Å². The number of anilines is 1. The first-order valence-electron chi connectivity index (χ1n) is 7.84. The summed E-state index contributed by atoms with van der Waals surface area (Å²) in [6.45, 7) is 6.56.